The molecule has 0 bridgehead atoms. The Balaban J connectivity index is 2.22. The lowest BCUT2D eigenvalue weighted by Crippen LogP contribution is -2.17. The summed E-state index contributed by atoms with van der Waals surface area (Å²) < 4.78 is 53.6. The van der Waals surface area contributed by atoms with Crippen LogP contribution in [-0.4, -0.2) is 6.36 Å². The van der Waals surface area contributed by atoms with Crippen molar-refractivity contribution >= 4 is 11.6 Å². The van der Waals surface area contributed by atoms with Crippen molar-refractivity contribution in [2.24, 2.45) is 5.73 Å². The zero-order valence-electron chi connectivity index (χ0n) is 10.5. The fourth-order valence-electron chi connectivity index (χ4n) is 1.81. The predicted octanol–water partition coefficient (Wildman–Crippen LogP) is 4.43. The van der Waals surface area contributed by atoms with Crippen LogP contribution in [0, 0.1) is 5.82 Å². The summed E-state index contributed by atoms with van der Waals surface area (Å²) in [6.07, 6.45) is -4.76. The molecule has 0 aromatic heterocycles. The molecule has 2 aromatic rings. The molecular weight excluding hydrogens is 310 g/mol. The van der Waals surface area contributed by atoms with Gasteiger partial charge in [-0.05, 0) is 29.8 Å². The van der Waals surface area contributed by atoms with Crippen molar-refractivity contribution in [1.82, 2.24) is 0 Å². The molecule has 0 amide bonds. The van der Waals surface area contributed by atoms with Crippen LogP contribution in [0.4, 0.5) is 17.6 Å². The maximum atomic E-state index is 13.8. The van der Waals surface area contributed by atoms with Crippen LogP contribution >= 0.6 is 11.6 Å². The average Bonchev–Trinajstić information content (AvgIpc) is 2.37. The largest absolute Gasteiger partial charge is 0.573 e. The first kappa shape index (κ1) is 15.6. The fraction of sp³-hybridized carbons (Fsp3) is 0.143. The third-order valence-corrected chi connectivity index (χ3v) is 3.01. The van der Waals surface area contributed by atoms with Crippen LogP contribution in [0.5, 0.6) is 5.75 Å². The molecule has 112 valence electrons. The van der Waals surface area contributed by atoms with Gasteiger partial charge in [0.25, 0.3) is 0 Å². The summed E-state index contributed by atoms with van der Waals surface area (Å²) in [5.41, 5.74) is 6.55. The fourth-order valence-corrected chi connectivity index (χ4v) is 1.97. The maximum Gasteiger partial charge on any atom is 0.573 e. The van der Waals surface area contributed by atoms with E-state index in [9.17, 15) is 17.6 Å². The van der Waals surface area contributed by atoms with Gasteiger partial charge >= 0.3 is 6.36 Å². The summed E-state index contributed by atoms with van der Waals surface area (Å²) in [4.78, 5) is 0. The molecule has 1 atom stereocenters. The van der Waals surface area contributed by atoms with Crippen molar-refractivity contribution in [1.29, 1.82) is 0 Å². The van der Waals surface area contributed by atoms with E-state index in [0.717, 1.165) is 18.2 Å². The molecule has 0 fully saturated rings. The lowest BCUT2D eigenvalue weighted by Gasteiger charge is -2.15. The van der Waals surface area contributed by atoms with Gasteiger partial charge in [-0.1, -0.05) is 29.8 Å². The van der Waals surface area contributed by atoms with Crippen LogP contribution in [0.1, 0.15) is 17.2 Å². The summed E-state index contributed by atoms with van der Waals surface area (Å²) in [5, 5.41) is 0.234. The Hall–Kier alpha value is -1.79. The second-order valence-electron chi connectivity index (χ2n) is 4.26. The van der Waals surface area contributed by atoms with Crippen molar-refractivity contribution in [3.8, 4) is 5.75 Å². The van der Waals surface area contributed by atoms with E-state index in [1.807, 2.05) is 0 Å². The van der Waals surface area contributed by atoms with Crippen LogP contribution < -0.4 is 10.5 Å². The van der Waals surface area contributed by atoms with Crippen LogP contribution in [0.25, 0.3) is 0 Å². The second-order valence-corrected chi connectivity index (χ2v) is 4.70. The molecule has 0 saturated heterocycles. The van der Waals surface area contributed by atoms with Crippen molar-refractivity contribution < 1.29 is 22.3 Å². The molecule has 0 unspecified atom stereocenters. The minimum atomic E-state index is -4.76. The Morgan fingerprint density at radius 1 is 1.05 bits per heavy atom. The average molecular weight is 320 g/mol. The third kappa shape index (κ3) is 4.09. The van der Waals surface area contributed by atoms with Gasteiger partial charge < -0.3 is 10.5 Å². The molecule has 0 aliphatic heterocycles. The number of alkyl halides is 3. The first-order valence-corrected chi connectivity index (χ1v) is 6.20. The van der Waals surface area contributed by atoms with Crippen LogP contribution in [0.2, 0.25) is 5.02 Å². The highest BCUT2D eigenvalue weighted by Gasteiger charge is 2.31. The predicted molar refractivity (Wildman–Crippen MR) is 70.6 cm³/mol. The number of ether oxygens (including phenoxy) is 1. The maximum absolute atomic E-state index is 13.8. The highest BCUT2D eigenvalue weighted by Crippen LogP contribution is 2.27. The SMILES string of the molecule is N[C@@H](c1ccc(OC(F)(F)F)cc1)c1ccc(Cl)cc1F. The van der Waals surface area contributed by atoms with E-state index in [0.29, 0.717) is 5.56 Å². The van der Waals surface area contributed by atoms with Gasteiger partial charge in [-0.25, -0.2) is 4.39 Å². The molecule has 21 heavy (non-hydrogen) atoms. The quantitative estimate of drug-likeness (QED) is 0.850. The Labute approximate surface area is 123 Å². The molecule has 2 N–H and O–H groups in total. The van der Waals surface area contributed by atoms with E-state index in [4.69, 9.17) is 17.3 Å². The van der Waals surface area contributed by atoms with Gasteiger partial charge in [-0.2, -0.15) is 0 Å². The summed E-state index contributed by atoms with van der Waals surface area (Å²) in [7, 11) is 0. The van der Waals surface area contributed by atoms with Gasteiger partial charge in [-0.3, -0.25) is 0 Å². The van der Waals surface area contributed by atoms with Crippen molar-refractivity contribution in [2.45, 2.75) is 12.4 Å². The number of hydrogen-bond donors (Lipinski definition) is 1. The molecule has 0 spiro atoms. The summed E-state index contributed by atoms with van der Waals surface area (Å²) in [5.74, 6) is -0.944. The third-order valence-electron chi connectivity index (χ3n) is 2.77. The van der Waals surface area contributed by atoms with E-state index < -0.39 is 18.2 Å². The van der Waals surface area contributed by atoms with Crippen LogP contribution in [0.3, 0.4) is 0 Å². The summed E-state index contributed by atoms with van der Waals surface area (Å²) in [6.45, 7) is 0. The number of hydrogen-bond acceptors (Lipinski definition) is 2. The monoisotopic (exact) mass is 319 g/mol. The Morgan fingerprint density at radius 3 is 2.19 bits per heavy atom. The first-order valence-electron chi connectivity index (χ1n) is 5.82. The molecule has 7 heteroatoms. The van der Waals surface area contributed by atoms with Crippen molar-refractivity contribution in [3.63, 3.8) is 0 Å². The van der Waals surface area contributed by atoms with E-state index in [1.165, 1.54) is 24.3 Å². The second kappa shape index (κ2) is 5.91. The molecular formula is C14H10ClF4NO. The van der Waals surface area contributed by atoms with E-state index in [-0.39, 0.29) is 16.3 Å². The Kier molecular flexibility index (Phi) is 4.39. The lowest BCUT2D eigenvalue weighted by atomic mass is 9.99. The highest BCUT2D eigenvalue weighted by molar-refractivity contribution is 6.30. The number of rotatable bonds is 3. The lowest BCUT2D eigenvalue weighted by molar-refractivity contribution is -0.274. The van der Waals surface area contributed by atoms with Gasteiger partial charge in [0.15, 0.2) is 0 Å². The van der Waals surface area contributed by atoms with Gasteiger partial charge in [0.2, 0.25) is 0 Å². The van der Waals surface area contributed by atoms with Crippen molar-refractivity contribution in [3.05, 3.63) is 64.4 Å². The molecule has 2 aromatic carbocycles. The number of benzene rings is 2. The molecule has 0 saturated carbocycles. The van der Waals surface area contributed by atoms with E-state index in [2.05, 4.69) is 4.74 Å². The molecule has 2 rings (SSSR count). The Morgan fingerprint density at radius 2 is 1.67 bits per heavy atom. The van der Waals surface area contributed by atoms with Crippen molar-refractivity contribution in [2.75, 3.05) is 0 Å². The minimum absolute atomic E-state index is 0.198. The minimum Gasteiger partial charge on any atom is -0.406 e. The zero-order valence-corrected chi connectivity index (χ0v) is 11.3. The normalized spacial score (nSPS) is 13.0. The summed E-state index contributed by atoms with van der Waals surface area (Å²) in [6, 6.07) is 8.16. The van der Waals surface area contributed by atoms with Gasteiger partial charge in [0.05, 0.1) is 6.04 Å². The number of halogens is 5. The smallest absolute Gasteiger partial charge is 0.406 e. The molecule has 0 heterocycles. The van der Waals surface area contributed by atoms with Crippen LogP contribution in [0.15, 0.2) is 42.5 Å². The highest BCUT2D eigenvalue weighted by atomic mass is 35.5. The topological polar surface area (TPSA) is 35.2 Å². The molecule has 0 aliphatic carbocycles. The van der Waals surface area contributed by atoms with Gasteiger partial charge in [0, 0.05) is 10.6 Å². The van der Waals surface area contributed by atoms with Crippen LogP contribution in [-0.2, 0) is 0 Å². The van der Waals surface area contributed by atoms with Gasteiger partial charge in [-0.15, -0.1) is 13.2 Å². The molecule has 2 nitrogen and oxygen atoms in total. The molecule has 0 radical (unpaired) electrons. The standard InChI is InChI=1S/C14H10ClF4NO/c15-9-3-6-11(12(16)7-9)13(20)8-1-4-10(5-2-8)21-14(17,18)19/h1-7,13H,20H2/t13-/m0/s1. The van der Waals surface area contributed by atoms with E-state index in [1.54, 1.807) is 0 Å². The summed E-state index contributed by atoms with van der Waals surface area (Å²) >= 11 is 5.65. The van der Waals surface area contributed by atoms with Gasteiger partial charge in [0.1, 0.15) is 11.6 Å². The first-order chi connectivity index (χ1) is 9.76. The zero-order chi connectivity index (χ0) is 15.6. The van der Waals surface area contributed by atoms with E-state index >= 15 is 0 Å². The number of nitrogens with two attached hydrogens (primary N) is 1. The molecule has 0 aliphatic rings. The Bertz CT molecular complexity index is 628.